The van der Waals surface area contributed by atoms with Crippen molar-refractivity contribution in [3.05, 3.63) is 41.0 Å². The van der Waals surface area contributed by atoms with Gasteiger partial charge in [0.2, 0.25) is 17.7 Å². The Morgan fingerprint density at radius 3 is 2.37 bits per heavy atom. The number of carbonyl (C=O) groups is 4. The van der Waals surface area contributed by atoms with Crippen LogP contribution in [0.15, 0.2) is 29.8 Å². The van der Waals surface area contributed by atoms with Gasteiger partial charge in [-0.1, -0.05) is 52.0 Å². The number of unbranched alkanes of at least 4 members (excludes halogenated alkanes) is 1. The number of rotatable bonds is 14. The summed E-state index contributed by atoms with van der Waals surface area (Å²) in [5.41, 5.74) is 4.39. The van der Waals surface area contributed by atoms with Gasteiger partial charge in [-0.25, -0.2) is 4.98 Å². The number of Topliss-reactive ketones (excluding diaryl/α,β-unsaturated/α-hetero) is 1. The molecule has 3 amide bonds. The SMILES string of the molecule is CC[C@H](NCCCCC(=O)N[C@H](C(=O)N1CCC[C@H]1C(=O)N[C@@H](C)c1ccc(-c2scnc2C)cc1)C(C)(C)C)C(C)=O. The number of amides is 3. The van der Waals surface area contributed by atoms with E-state index in [4.69, 9.17) is 0 Å². The first-order valence-electron chi connectivity index (χ1n) is 15.5. The van der Waals surface area contributed by atoms with E-state index in [0.29, 0.717) is 32.4 Å². The molecule has 0 aliphatic carbocycles. The van der Waals surface area contributed by atoms with Gasteiger partial charge in [-0.2, -0.15) is 0 Å². The molecule has 3 rings (SSSR count). The topological polar surface area (TPSA) is 120 Å². The maximum atomic E-state index is 13.8. The van der Waals surface area contributed by atoms with E-state index in [1.165, 1.54) is 0 Å². The van der Waals surface area contributed by atoms with Gasteiger partial charge in [-0.3, -0.25) is 19.2 Å². The van der Waals surface area contributed by atoms with Crippen LogP contribution in [0, 0.1) is 12.3 Å². The van der Waals surface area contributed by atoms with Crippen molar-refractivity contribution in [2.45, 2.75) is 111 Å². The van der Waals surface area contributed by atoms with Crippen LogP contribution in [0.5, 0.6) is 0 Å². The zero-order chi connectivity index (χ0) is 31.7. The third-order valence-corrected chi connectivity index (χ3v) is 9.13. The molecular formula is C33H49N5O4S. The Hall–Kier alpha value is -3.11. The average molecular weight is 612 g/mol. The lowest BCUT2D eigenvalue weighted by molar-refractivity contribution is -0.144. The molecule has 1 saturated heterocycles. The number of hydrogen-bond donors (Lipinski definition) is 3. The lowest BCUT2D eigenvalue weighted by Gasteiger charge is -2.35. The molecule has 1 aliphatic rings. The molecule has 4 atom stereocenters. The fraction of sp³-hybridized carbons (Fsp3) is 0.606. The van der Waals surface area contributed by atoms with Crippen molar-refractivity contribution in [1.29, 1.82) is 0 Å². The first-order valence-corrected chi connectivity index (χ1v) is 16.4. The van der Waals surface area contributed by atoms with Crippen molar-refractivity contribution in [3.63, 3.8) is 0 Å². The molecule has 1 aliphatic heterocycles. The van der Waals surface area contributed by atoms with Crippen LogP contribution in [0.1, 0.15) is 97.4 Å². The number of aryl methyl sites for hydroxylation is 1. The Morgan fingerprint density at radius 1 is 1.09 bits per heavy atom. The molecule has 43 heavy (non-hydrogen) atoms. The second-order valence-corrected chi connectivity index (χ2v) is 13.5. The number of nitrogens with zero attached hydrogens (tertiary/aromatic N) is 2. The lowest BCUT2D eigenvalue weighted by atomic mass is 9.85. The van der Waals surface area contributed by atoms with Crippen molar-refractivity contribution >= 4 is 34.8 Å². The van der Waals surface area contributed by atoms with Gasteiger partial charge in [-0.15, -0.1) is 11.3 Å². The number of carbonyl (C=O) groups excluding carboxylic acids is 4. The molecule has 0 spiro atoms. The number of hydrogen-bond acceptors (Lipinski definition) is 7. The van der Waals surface area contributed by atoms with Crippen LogP contribution < -0.4 is 16.0 Å². The van der Waals surface area contributed by atoms with Crippen molar-refractivity contribution in [2.75, 3.05) is 13.1 Å². The molecule has 0 bridgehead atoms. The van der Waals surface area contributed by atoms with Crippen LogP contribution in [0.2, 0.25) is 0 Å². The van der Waals surface area contributed by atoms with Gasteiger partial charge in [-0.05, 0) is 76.0 Å². The second-order valence-electron chi connectivity index (χ2n) is 12.7. The van der Waals surface area contributed by atoms with Gasteiger partial charge in [0, 0.05) is 13.0 Å². The van der Waals surface area contributed by atoms with Gasteiger partial charge in [0.25, 0.3) is 0 Å². The van der Waals surface area contributed by atoms with Crippen LogP contribution in [0.4, 0.5) is 0 Å². The maximum absolute atomic E-state index is 13.8. The summed E-state index contributed by atoms with van der Waals surface area (Å²) in [5, 5.41) is 9.31. The normalized spacial score (nSPS) is 17.3. The van der Waals surface area contributed by atoms with E-state index in [2.05, 4.69) is 20.9 Å². The Morgan fingerprint density at radius 2 is 1.79 bits per heavy atom. The van der Waals surface area contributed by atoms with Crippen LogP contribution in [0.3, 0.4) is 0 Å². The Balaban J connectivity index is 1.57. The van der Waals surface area contributed by atoms with E-state index in [9.17, 15) is 19.2 Å². The van der Waals surface area contributed by atoms with Crippen LogP contribution in [-0.4, -0.2) is 64.6 Å². The first-order chi connectivity index (χ1) is 20.3. The standard InChI is InChI=1S/C33H49N5O4S/c1-8-26(23(4)39)34-18-10-9-13-28(40)37-30(33(5,6)7)32(42)38-19-11-12-27(38)31(41)36-21(2)24-14-16-25(17-15-24)29-22(3)35-20-43-29/h14-17,20-21,26-27,30,34H,8-13,18-19H2,1-7H3,(H,36,41)(H,37,40)/t21-,26-,27-,30+/m0/s1. The summed E-state index contributed by atoms with van der Waals surface area (Å²) in [6.45, 7) is 14.4. The fourth-order valence-electron chi connectivity index (χ4n) is 5.51. The third kappa shape index (κ3) is 9.44. The number of likely N-dealkylation sites (tertiary alicyclic amines) is 1. The number of aromatic nitrogens is 1. The summed E-state index contributed by atoms with van der Waals surface area (Å²) in [5.74, 6) is -0.461. The molecular weight excluding hydrogens is 562 g/mol. The van der Waals surface area contributed by atoms with Crippen molar-refractivity contribution in [3.8, 4) is 10.4 Å². The van der Waals surface area contributed by atoms with E-state index >= 15 is 0 Å². The number of ketones is 1. The minimum Gasteiger partial charge on any atom is -0.348 e. The van der Waals surface area contributed by atoms with E-state index in [0.717, 1.165) is 41.0 Å². The van der Waals surface area contributed by atoms with Gasteiger partial charge < -0.3 is 20.9 Å². The van der Waals surface area contributed by atoms with E-state index in [-0.39, 0.29) is 35.6 Å². The maximum Gasteiger partial charge on any atom is 0.246 e. The molecule has 9 nitrogen and oxygen atoms in total. The monoisotopic (exact) mass is 611 g/mol. The summed E-state index contributed by atoms with van der Waals surface area (Å²) < 4.78 is 0. The largest absolute Gasteiger partial charge is 0.348 e. The average Bonchev–Trinajstić information content (AvgIpc) is 3.62. The Bertz CT molecular complexity index is 1250. The number of benzene rings is 1. The van der Waals surface area contributed by atoms with Crippen LogP contribution in [0.25, 0.3) is 10.4 Å². The molecule has 236 valence electrons. The van der Waals surface area contributed by atoms with E-state index in [1.54, 1.807) is 23.2 Å². The van der Waals surface area contributed by atoms with Gasteiger partial charge in [0.05, 0.1) is 28.2 Å². The zero-order valence-corrected chi connectivity index (χ0v) is 27.6. The summed E-state index contributed by atoms with van der Waals surface area (Å²) in [4.78, 5) is 58.8. The first kappa shape index (κ1) is 34.4. The number of thiazole rings is 1. The summed E-state index contributed by atoms with van der Waals surface area (Å²) in [6.07, 6.45) is 3.76. The van der Waals surface area contributed by atoms with E-state index in [1.807, 2.05) is 71.3 Å². The third-order valence-electron chi connectivity index (χ3n) is 8.15. The molecule has 3 N–H and O–H groups in total. The van der Waals surface area contributed by atoms with Gasteiger partial charge >= 0.3 is 0 Å². The highest BCUT2D eigenvalue weighted by Crippen LogP contribution is 2.29. The molecule has 0 radical (unpaired) electrons. The minimum atomic E-state index is -0.742. The molecule has 10 heteroatoms. The molecule has 2 aromatic rings. The smallest absolute Gasteiger partial charge is 0.246 e. The highest BCUT2D eigenvalue weighted by atomic mass is 32.1. The molecule has 2 heterocycles. The lowest BCUT2D eigenvalue weighted by Crippen LogP contribution is -2.57. The number of nitrogens with one attached hydrogen (secondary N) is 3. The van der Waals surface area contributed by atoms with Crippen LogP contribution in [-0.2, 0) is 19.2 Å². The van der Waals surface area contributed by atoms with Crippen molar-refractivity contribution < 1.29 is 19.2 Å². The molecule has 0 unspecified atom stereocenters. The minimum absolute atomic E-state index is 0.117. The second kappa shape index (κ2) is 15.6. The van der Waals surface area contributed by atoms with Crippen molar-refractivity contribution in [2.24, 2.45) is 5.41 Å². The van der Waals surface area contributed by atoms with E-state index < -0.39 is 17.5 Å². The predicted octanol–water partition coefficient (Wildman–Crippen LogP) is 4.95. The highest BCUT2D eigenvalue weighted by Gasteiger charge is 2.42. The fourth-order valence-corrected chi connectivity index (χ4v) is 6.32. The van der Waals surface area contributed by atoms with Gasteiger partial charge in [0.15, 0.2) is 0 Å². The Labute approximate surface area is 260 Å². The predicted molar refractivity (Wildman–Crippen MR) is 172 cm³/mol. The molecule has 0 saturated carbocycles. The molecule has 1 fully saturated rings. The van der Waals surface area contributed by atoms with Crippen LogP contribution >= 0.6 is 11.3 Å². The quantitative estimate of drug-likeness (QED) is 0.260. The molecule has 1 aromatic heterocycles. The summed E-state index contributed by atoms with van der Waals surface area (Å²) >= 11 is 1.61. The summed E-state index contributed by atoms with van der Waals surface area (Å²) in [7, 11) is 0. The summed E-state index contributed by atoms with van der Waals surface area (Å²) in [6, 6.07) is 6.44. The highest BCUT2D eigenvalue weighted by molar-refractivity contribution is 7.13. The molecule has 1 aromatic carbocycles. The van der Waals surface area contributed by atoms with Crippen molar-refractivity contribution in [1.82, 2.24) is 25.8 Å². The Kier molecular flexibility index (Phi) is 12.4. The zero-order valence-electron chi connectivity index (χ0n) is 26.8. The van der Waals surface area contributed by atoms with Gasteiger partial charge in [0.1, 0.15) is 17.9 Å².